The summed E-state index contributed by atoms with van der Waals surface area (Å²) in [5, 5.41) is 7.85. The third-order valence-corrected chi connectivity index (χ3v) is 5.60. The minimum Gasteiger partial charge on any atom is -0.384 e. The van der Waals surface area contributed by atoms with Crippen molar-refractivity contribution in [3.05, 3.63) is 16.3 Å². The number of carbonyl (C=O) groups excluding carboxylic acids is 1. The molecule has 0 aromatic carbocycles. The Morgan fingerprint density at radius 1 is 1.52 bits per heavy atom. The SMILES string of the molecule is COCC1(CNC(=O)c2sccc2SC(F)F)CCNCC1.Cl. The largest absolute Gasteiger partial charge is 0.384 e. The number of hydrogen-bond donors (Lipinski definition) is 2. The van der Waals surface area contributed by atoms with E-state index in [1.165, 1.54) is 11.3 Å². The van der Waals surface area contributed by atoms with Crippen LogP contribution < -0.4 is 10.6 Å². The average molecular weight is 387 g/mol. The second kappa shape index (κ2) is 9.78. The van der Waals surface area contributed by atoms with Crippen LogP contribution >= 0.6 is 35.5 Å². The smallest absolute Gasteiger partial charge is 0.288 e. The van der Waals surface area contributed by atoms with Crippen LogP contribution in [0.4, 0.5) is 8.78 Å². The lowest BCUT2D eigenvalue weighted by Gasteiger charge is -2.37. The minimum atomic E-state index is -2.52. The summed E-state index contributed by atoms with van der Waals surface area (Å²) in [6.45, 7) is 2.87. The van der Waals surface area contributed by atoms with Gasteiger partial charge in [0.1, 0.15) is 4.88 Å². The number of methoxy groups -OCH3 is 1. The Bertz CT molecular complexity index is 491. The van der Waals surface area contributed by atoms with E-state index in [1.807, 2.05) is 0 Å². The molecule has 1 amide bonds. The second-order valence-electron chi connectivity index (χ2n) is 5.36. The van der Waals surface area contributed by atoms with Crippen LogP contribution in [-0.4, -0.2) is 45.0 Å². The molecule has 0 spiro atoms. The van der Waals surface area contributed by atoms with Crippen LogP contribution in [0.25, 0.3) is 0 Å². The summed E-state index contributed by atoms with van der Waals surface area (Å²) >= 11 is 1.60. The molecule has 0 radical (unpaired) electrons. The first-order valence-corrected chi connectivity index (χ1v) is 8.82. The van der Waals surface area contributed by atoms with Crippen molar-refractivity contribution < 1.29 is 18.3 Å². The molecule has 132 valence electrons. The third-order valence-electron chi connectivity index (χ3n) is 3.79. The van der Waals surface area contributed by atoms with Crippen LogP contribution in [0.2, 0.25) is 0 Å². The lowest BCUT2D eigenvalue weighted by atomic mass is 9.79. The first-order valence-electron chi connectivity index (χ1n) is 7.06. The van der Waals surface area contributed by atoms with Gasteiger partial charge in [-0.05, 0) is 37.4 Å². The molecule has 1 aromatic rings. The molecule has 0 bridgehead atoms. The quantitative estimate of drug-likeness (QED) is 0.706. The molecular weight excluding hydrogens is 366 g/mol. The summed E-state index contributed by atoms with van der Waals surface area (Å²) in [5.41, 5.74) is -0.0804. The zero-order valence-electron chi connectivity index (χ0n) is 12.8. The van der Waals surface area contributed by atoms with Crippen molar-refractivity contribution >= 4 is 41.4 Å². The zero-order chi connectivity index (χ0) is 16.0. The van der Waals surface area contributed by atoms with Gasteiger partial charge >= 0.3 is 0 Å². The monoisotopic (exact) mass is 386 g/mol. The molecule has 1 saturated heterocycles. The highest BCUT2D eigenvalue weighted by Gasteiger charge is 2.33. The molecule has 0 atom stereocenters. The van der Waals surface area contributed by atoms with Crippen molar-refractivity contribution in [2.45, 2.75) is 23.5 Å². The fourth-order valence-electron chi connectivity index (χ4n) is 2.64. The molecule has 2 rings (SSSR count). The highest BCUT2D eigenvalue weighted by atomic mass is 35.5. The van der Waals surface area contributed by atoms with E-state index in [2.05, 4.69) is 10.6 Å². The number of thioether (sulfide) groups is 1. The van der Waals surface area contributed by atoms with Gasteiger partial charge in [0, 0.05) is 24.0 Å². The molecule has 1 fully saturated rings. The number of rotatable bonds is 7. The lowest BCUT2D eigenvalue weighted by Crippen LogP contribution is -2.47. The molecule has 0 saturated carbocycles. The number of ether oxygens (including phenoxy) is 1. The van der Waals surface area contributed by atoms with Gasteiger partial charge in [-0.2, -0.15) is 8.78 Å². The van der Waals surface area contributed by atoms with Crippen LogP contribution in [0.3, 0.4) is 0 Å². The molecule has 9 heteroatoms. The van der Waals surface area contributed by atoms with Gasteiger partial charge in [-0.1, -0.05) is 11.8 Å². The normalized spacial score (nSPS) is 16.9. The van der Waals surface area contributed by atoms with E-state index >= 15 is 0 Å². The molecular formula is C14H21ClF2N2O2S2. The fourth-order valence-corrected chi connectivity index (χ4v) is 4.25. The van der Waals surface area contributed by atoms with Crippen molar-refractivity contribution in [2.75, 3.05) is 33.4 Å². The summed E-state index contributed by atoms with van der Waals surface area (Å²) in [6, 6.07) is 1.56. The maximum absolute atomic E-state index is 12.5. The van der Waals surface area contributed by atoms with E-state index in [1.54, 1.807) is 18.6 Å². The molecule has 2 heterocycles. The summed E-state index contributed by atoms with van der Waals surface area (Å²) < 4.78 is 30.3. The minimum absolute atomic E-state index is 0. The lowest BCUT2D eigenvalue weighted by molar-refractivity contribution is 0.0512. The maximum Gasteiger partial charge on any atom is 0.288 e. The summed E-state index contributed by atoms with van der Waals surface area (Å²) in [6.07, 6.45) is 1.84. The number of piperidine rings is 1. The number of hydrogen-bond acceptors (Lipinski definition) is 5. The predicted molar refractivity (Wildman–Crippen MR) is 92.2 cm³/mol. The van der Waals surface area contributed by atoms with Gasteiger partial charge in [0.25, 0.3) is 11.7 Å². The van der Waals surface area contributed by atoms with E-state index in [-0.39, 0.29) is 23.7 Å². The summed E-state index contributed by atoms with van der Waals surface area (Å²) in [4.78, 5) is 13.0. The van der Waals surface area contributed by atoms with Gasteiger partial charge in [0.05, 0.1) is 6.61 Å². The zero-order valence-corrected chi connectivity index (χ0v) is 15.2. The Morgan fingerprint density at radius 3 is 2.83 bits per heavy atom. The van der Waals surface area contributed by atoms with Crippen molar-refractivity contribution in [3.8, 4) is 0 Å². The van der Waals surface area contributed by atoms with Crippen LogP contribution in [-0.2, 0) is 4.74 Å². The number of thiophene rings is 1. The Morgan fingerprint density at radius 2 is 2.22 bits per heavy atom. The third kappa shape index (κ3) is 5.86. The van der Waals surface area contributed by atoms with Gasteiger partial charge in [-0.15, -0.1) is 23.7 Å². The van der Waals surface area contributed by atoms with Gasteiger partial charge in [0.2, 0.25) is 0 Å². The number of nitrogens with one attached hydrogen (secondary N) is 2. The van der Waals surface area contributed by atoms with Crippen LogP contribution in [0, 0.1) is 5.41 Å². The number of alkyl halides is 2. The first-order chi connectivity index (χ1) is 10.6. The van der Waals surface area contributed by atoms with Gasteiger partial charge in [-0.25, -0.2) is 0 Å². The van der Waals surface area contributed by atoms with Crippen molar-refractivity contribution in [1.82, 2.24) is 10.6 Å². The van der Waals surface area contributed by atoms with Crippen LogP contribution in [0.5, 0.6) is 0 Å². The van der Waals surface area contributed by atoms with Gasteiger partial charge in [0.15, 0.2) is 0 Å². The standard InChI is InChI=1S/C14H20F2N2O2S2.ClH/c1-20-9-14(3-5-17-6-4-14)8-18-12(19)11-10(2-7-21-11)22-13(15)16;/h2,7,13,17H,3-6,8-9H2,1H3,(H,18,19);1H. The molecule has 23 heavy (non-hydrogen) atoms. The molecule has 1 aliphatic heterocycles. The van der Waals surface area contributed by atoms with Crippen molar-refractivity contribution in [3.63, 3.8) is 0 Å². The van der Waals surface area contributed by atoms with Crippen molar-refractivity contribution in [2.24, 2.45) is 5.41 Å². The molecule has 0 unspecified atom stereocenters. The van der Waals surface area contributed by atoms with E-state index in [0.29, 0.717) is 34.7 Å². The Hall–Kier alpha value is -0.410. The van der Waals surface area contributed by atoms with Crippen LogP contribution in [0.1, 0.15) is 22.5 Å². The predicted octanol–water partition coefficient (Wildman–Crippen LogP) is 3.23. The highest BCUT2D eigenvalue weighted by molar-refractivity contribution is 7.99. The van der Waals surface area contributed by atoms with Crippen LogP contribution in [0.15, 0.2) is 16.3 Å². The van der Waals surface area contributed by atoms with E-state index < -0.39 is 5.76 Å². The summed E-state index contributed by atoms with van der Waals surface area (Å²) in [5.74, 6) is -2.81. The van der Waals surface area contributed by atoms with E-state index in [0.717, 1.165) is 25.9 Å². The number of amides is 1. The molecule has 2 N–H and O–H groups in total. The molecule has 0 aliphatic carbocycles. The number of halogens is 3. The summed E-state index contributed by atoms with van der Waals surface area (Å²) in [7, 11) is 1.66. The topological polar surface area (TPSA) is 50.4 Å². The average Bonchev–Trinajstić information content (AvgIpc) is 2.93. The Labute approximate surface area is 149 Å². The number of carbonyl (C=O) groups is 1. The fraction of sp³-hybridized carbons (Fsp3) is 0.643. The van der Waals surface area contributed by atoms with Gasteiger partial charge in [-0.3, -0.25) is 4.79 Å². The van der Waals surface area contributed by atoms with E-state index in [9.17, 15) is 13.6 Å². The Balaban J connectivity index is 0.00000264. The maximum atomic E-state index is 12.5. The molecule has 4 nitrogen and oxygen atoms in total. The second-order valence-corrected chi connectivity index (χ2v) is 7.31. The van der Waals surface area contributed by atoms with Gasteiger partial charge < -0.3 is 15.4 Å². The highest BCUT2D eigenvalue weighted by Crippen LogP contribution is 2.32. The first kappa shape index (κ1) is 20.6. The van der Waals surface area contributed by atoms with Crippen molar-refractivity contribution in [1.29, 1.82) is 0 Å². The Kier molecular flexibility index (Phi) is 8.78. The van der Waals surface area contributed by atoms with E-state index in [4.69, 9.17) is 4.74 Å². The molecule has 1 aliphatic rings. The molecule has 1 aromatic heterocycles.